The standard InChI is InChI=1S/C22H33N3O3S/c1-18-8-6-7-11-21(18)23-22(26)19(2)24-13-15-25(16-14-24)29(27,28)17-12-20-9-4-3-5-10-20/h3-5,9-10,12,17-19,21H,6-8,11,13-16H2,1-2H3,(H,23,26)/b17-12+/t18-,19-,21-/m1/s1. The Labute approximate surface area is 175 Å². The lowest BCUT2D eigenvalue weighted by Gasteiger charge is -2.37. The van der Waals surface area contributed by atoms with E-state index in [0.717, 1.165) is 12.0 Å². The van der Waals surface area contributed by atoms with Gasteiger partial charge in [-0.05, 0) is 37.3 Å². The monoisotopic (exact) mass is 419 g/mol. The molecule has 1 N–H and O–H groups in total. The average molecular weight is 420 g/mol. The van der Waals surface area contributed by atoms with Crippen LogP contribution in [0.1, 0.15) is 45.1 Å². The van der Waals surface area contributed by atoms with Gasteiger partial charge in [0.2, 0.25) is 15.9 Å². The van der Waals surface area contributed by atoms with E-state index < -0.39 is 10.0 Å². The van der Waals surface area contributed by atoms with Gasteiger partial charge < -0.3 is 5.32 Å². The summed E-state index contributed by atoms with van der Waals surface area (Å²) in [4.78, 5) is 14.8. The number of nitrogens with zero attached hydrogens (tertiary/aromatic N) is 2. The second kappa shape index (κ2) is 9.87. The maximum Gasteiger partial charge on any atom is 0.237 e. The molecule has 1 saturated heterocycles. The SMILES string of the molecule is C[C@@H]1CCCC[C@H]1NC(=O)[C@@H](C)N1CCN(S(=O)(=O)/C=C/c2ccccc2)CC1. The van der Waals surface area contributed by atoms with E-state index in [9.17, 15) is 13.2 Å². The predicted molar refractivity (Wildman–Crippen MR) is 117 cm³/mol. The summed E-state index contributed by atoms with van der Waals surface area (Å²) in [6, 6.07) is 9.43. The highest BCUT2D eigenvalue weighted by molar-refractivity contribution is 7.92. The van der Waals surface area contributed by atoms with E-state index in [1.807, 2.05) is 37.3 Å². The van der Waals surface area contributed by atoms with Crippen molar-refractivity contribution in [3.8, 4) is 0 Å². The lowest BCUT2D eigenvalue weighted by Crippen LogP contribution is -2.56. The first-order chi connectivity index (χ1) is 13.9. The quantitative estimate of drug-likeness (QED) is 0.770. The molecule has 29 heavy (non-hydrogen) atoms. The van der Waals surface area contributed by atoms with Crippen LogP contribution in [0.25, 0.3) is 6.08 Å². The van der Waals surface area contributed by atoms with Crippen LogP contribution < -0.4 is 5.32 Å². The molecule has 1 saturated carbocycles. The molecule has 1 aliphatic heterocycles. The molecule has 6 nitrogen and oxygen atoms in total. The van der Waals surface area contributed by atoms with Crippen molar-refractivity contribution in [2.75, 3.05) is 26.2 Å². The predicted octanol–water partition coefficient (Wildman–Crippen LogP) is 2.69. The van der Waals surface area contributed by atoms with Gasteiger partial charge >= 0.3 is 0 Å². The fraction of sp³-hybridized carbons (Fsp3) is 0.591. The lowest BCUT2D eigenvalue weighted by molar-refractivity contribution is -0.127. The van der Waals surface area contributed by atoms with Crippen LogP contribution in [0.15, 0.2) is 35.7 Å². The first kappa shape index (κ1) is 22.0. The number of sulfonamides is 1. The molecule has 2 aliphatic rings. The van der Waals surface area contributed by atoms with E-state index in [1.54, 1.807) is 6.08 Å². The minimum absolute atomic E-state index is 0.0593. The summed E-state index contributed by atoms with van der Waals surface area (Å²) in [5.41, 5.74) is 0.858. The normalized spacial score (nSPS) is 25.7. The highest BCUT2D eigenvalue weighted by Crippen LogP contribution is 2.24. The Morgan fingerprint density at radius 1 is 1.10 bits per heavy atom. The minimum Gasteiger partial charge on any atom is -0.352 e. The van der Waals surface area contributed by atoms with Crippen LogP contribution >= 0.6 is 0 Å². The average Bonchev–Trinajstić information content (AvgIpc) is 2.74. The first-order valence-electron chi connectivity index (χ1n) is 10.6. The third-order valence-corrected chi connectivity index (χ3v) is 7.80. The van der Waals surface area contributed by atoms with E-state index in [2.05, 4.69) is 17.1 Å². The number of piperazine rings is 1. The fourth-order valence-electron chi connectivity index (χ4n) is 4.16. The van der Waals surface area contributed by atoms with Gasteiger partial charge in [0.1, 0.15) is 0 Å². The smallest absolute Gasteiger partial charge is 0.237 e. The number of amides is 1. The van der Waals surface area contributed by atoms with Gasteiger partial charge in [-0.25, -0.2) is 8.42 Å². The Morgan fingerprint density at radius 2 is 1.76 bits per heavy atom. The van der Waals surface area contributed by atoms with Crippen molar-refractivity contribution in [2.24, 2.45) is 5.92 Å². The second-order valence-electron chi connectivity index (χ2n) is 8.25. The Kier molecular flexibility index (Phi) is 7.49. The fourth-order valence-corrected chi connectivity index (χ4v) is 5.33. The number of hydrogen-bond donors (Lipinski definition) is 1. The molecule has 3 rings (SSSR count). The van der Waals surface area contributed by atoms with Gasteiger partial charge in [0.05, 0.1) is 6.04 Å². The number of nitrogens with one attached hydrogen (secondary N) is 1. The van der Waals surface area contributed by atoms with Crippen LogP contribution in [-0.4, -0.2) is 61.8 Å². The van der Waals surface area contributed by atoms with E-state index in [4.69, 9.17) is 0 Å². The molecule has 7 heteroatoms. The summed E-state index contributed by atoms with van der Waals surface area (Å²) < 4.78 is 26.7. The third-order valence-electron chi connectivity index (χ3n) is 6.23. The molecule has 160 valence electrons. The molecule has 1 heterocycles. The lowest BCUT2D eigenvalue weighted by atomic mass is 9.86. The van der Waals surface area contributed by atoms with Crippen LogP contribution in [0.3, 0.4) is 0 Å². The van der Waals surface area contributed by atoms with Gasteiger partial charge in [-0.3, -0.25) is 9.69 Å². The van der Waals surface area contributed by atoms with Crippen molar-refractivity contribution in [2.45, 2.75) is 51.6 Å². The van der Waals surface area contributed by atoms with Crippen molar-refractivity contribution in [1.29, 1.82) is 0 Å². The summed E-state index contributed by atoms with van der Waals surface area (Å²) in [5.74, 6) is 0.585. The van der Waals surface area contributed by atoms with E-state index in [1.165, 1.54) is 29.0 Å². The molecule has 0 unspecified atom stereocenters. The molecule has 1 amide bonds. The van der Waals surface area contributed by atoms with Crippen LogP contribution in [-0.2, 0) is 14.8 Å². The van der Waals surface area contributed by atoms with Crippen molar-refractivity contribution in [3.05, 3.63) is 41.3 Å². The van der Waals surface area contributed by atoms with Gasteiger partial charge in [0.25, 0.3) is 0 Å². The topological polar surface area (TPSA) is 69.7 Å². The molecule has 0 bridgehead atoms. The van der Waals surface area contributed by atoms with Crippen molar-refractivity contribution < 1.29 is 13.2 Å². The maximum atomic E-state index is 12.7. The summed E-state index contributed by atoms with van der Waals surface area (Å²) in [6.45, 7) is 6.06. The Bertz CT molecular complexity index is 802. The van der Waals surface area contributed by atoms with Gasteiger partial charge in [-0.2, -0.15) is 4.31 Å². The Morgan fingerprint density at radius 3 is 2.41 bits per heavy atom. The maximum absolute atomic E-state index is 12.7. The van der Waals surface area contributed by atoms with E-state index in [-0.39, 0.29) is 18.0 Å². The van der Waals surface area contributed by atoms with Gasteiger partial charge in [0.15, 0.2) is 0 Å². The Hall–Kier alpha value is -1.70. The zero-order chi connectivity index (χ0) is 20.9. The third kappa shape index (κ3) is 5.90. The number of carbonyl (C=O) groups is 1. The largest absolute Gasteiger partial charge is 0.352 e. The molecule has 0 spiro atoms. The van der Waals surface area contributed by atoms with Crippen LogP contribution in [0, 0.1) is 5.92 Å². The van der Waals surface area contributed by atoms with Crippen LogP contribution in [0.2, 0.25) is 0 Å². The highest BCUT2D eigenvalue weighted by atomic mass is 32.2. The molecular formula is C22H33N3O3S. The zero-order valence-electron chi connectivity index (χ0n) is 17.5. The van der Waals surface area contributed by atoms with E-state index >= 15 is 0 Å². The second-order valence-corrected chi connectivity index (χ2v) is 10.1. The van der Waals surface area contributed by atoms with Crippen molar-refractivity contribution >= 4 is 22.0 Å². The number of carbonyl (C=O) groups excluding carboxylic acids is 1. The molecular weight excluding hydrogens is 386 g/mol. The molecule has 0 radical (unpaired) electrons. The number of hydrogen-bond acceptors (Lipinski definition) is 4. The number of benzene rings is 1. The first-order valence-corrected chi connectivity index (χ1v) is 12.1. The molecule has 1 aliphatic carbocycles. The summed E-state index contributed by atoms with van der Waals surface area (Å²) in [6.07, 6.45) is 6.28. The molecule has 1 aromatic rings. The van der Waals surface area contributed by atoms with Gasteiger partial charge in [-0.15, -0.1) is 0 Å². The van der Waals surface area contributed by atoms with Crippen molar-refractivity contribution in [1.82, 2.24) is 14.5 Å². The highest BCUT2D eigenvalue weighted by Gasteiger charge is 2.31. The van der Waals surface area contributed by atoms with Gasteiger partial charge in [-0.1, -0.05) is 50.1 Å². The van der Waals surface area contributed by atoms with Crippen molar-refractivity contribution in [3.63, 3.8) is 0 Å². The number of rotatable bonds is 6. The molecule has 0 aromatic heterocycles. The van der Waals surface area contributed by atoms with Crippen LogP contribution in [0.4, 0.5) is 0 Å². The molecule has 3 atom stereocenters. The summed E-state index contributed by atoms with van der Waals surface area (Å²) >= 11 is 0. The molecule has 2 fully saturated rings. The summed E-state index contributed by atoms with van der Waals surface area (Å²) in [7, 11) is -3.46. The Balaban J connectivity index is 1.51. The van der Waals surface area contributed by atoms with Crippen LogP contribution in [0.5, 0.6) is 0 Å². The van der Waals surface area contributed by atoms with Gasteiger partial charge in [0, 0.05) is 37.6 Å². The zero-order valence-corrected chi connectivity index (χ0v) is 18.3. The minimum atomic E-state index is -3.46. The van der Waals surface area contributed by atoms with E-state index in [0.29, 0.717) is 32.1 Å². The summed E-state index contributed by atoms with van der Waals surface area (Å²) in [5, 5.41) is 4.50. The molecule has 1 aromatic carbocycles.